The third-order valence-corrected chi connectivity index (χ3v) is 3.34. The van der Waals surface area contributed by atoms with Crippen molar-refractivity contribution in [3.05, 3.63) is 24.0 Å². The zero-order valence-electron chi connectivity index (χ0n) is 12.1. The highest BCUT2D eigenvalue weighted by atomic mass is 19.1. The standard InChI is InChI=1S/C16H27FN2/c1-2-3-4-5-6-7-8-9-12-19-16-11-10-14(18)13-15(16)17/h10-11,13,19H,2-9,12,18H2,1H3. The molecule has 0 aliphatic carbocycles. The molecule has 0 aliphatic rings. The van der Waals surface area contributed by atoms with Crippen LogP contribution in [0.5, 0.6) is 0 Å². The summed E-state index contributed by atoms with van der Waals surface area (Å²) in [5.41, 5.74) is 6.52. The molecule has 1 aromatic rings. The number of anilines is 2. The van der Waals surface area contributed by atoms with Crippen LogP contribution in [0.25, 0.3) is 0 Å². The SMILES string of the molecule is CCCCCCCCCCNc1ccc(N)cc1F. The molecule has 2 nitrogen and oxygen atoms in total. The van der Waals surface area contributed by atoms with Crippen molar-refractivity contribution in [3.63, 3.8) is 0 Å². The van der Waals surface area contributed by atoms with E-state index in [1.165, 1.54) is 51.0 Å². The molecule has 0 aliphatic heterocycles. The predicted molar refractivity (Wildman–Crippen MR) is 81.9 cm³/mol. The third-order valence-electron chi connectivity index (χ3n) is 3.34. The zero-order chi connectivity index (χ0) is 13.9. The predicted octanol–water partition coefficient (Wildman–Crippen LogP) is 4.96. The van der Waals surface area contributed by atoms with Gasteiger partial charge in [-0.25, -0.2) is 4.39 Å². The van der Waals surface area contributed by atoms with Gasteiger partial charge >= 0.3 is 0 Å². The number of hydrogen-bond donors (Lipinski definition) is 2. The lowest BCUT2D eigenvalue weighted by Crippen LogP contribution is -2.03. The van der Waals surface area contributed by atoms with Crippen LogP contribution in [0.1, 0.15) is 58.3 Å². The number of rotatable bonds is 10. The van der Waals surface area contributed by atoms with E-state index in [0.717, 1.165) is 13.0 Å². The molecule has 1 aromatic carbocycles. The fraction of sp³-hybridized carbons (Fsp3) is 0.625. The Balaban J connectivity index is 2.01. The van der Waals surface area contributed by atoms with Crippen molar-refractivity contribution in [2.24, 2.45) is 0 Å². The van der Waals surface area contributed by atoms with Crippen LogP contribution in [0.15, 0.2) is 18.2 Å². The number of nitrogen functional groups attached to an aromatic ring is 1. The van der Waals surface area contributed by atoms with Gasteiger partial charge in [0.2, 0.25) is 0 Å². The van der Waals surface area contributed by atoms with E-state index in [1.807, 2.05) is 0 Å². The van der Waals surface area contributed by atoms with Gasteiger partial charge in [-0.3, -0.25) is 0 Å². The van der Waals surface area contributed by atoms with Gasteiger partial charge in [-0.15, -0.1) is 0 Å². The molecule has 0 aromatic heterocycles. The molecule has 0 saturated heterocycles. The Morgan fingerprint density at radius 1 is 1.00 bits per heavy atom. The summed E-state index contributed by atoms with van der Waals surface area (Å²) in [6.07, 6.45) is 10.3. The third kappa shape index (κ3) is 7.04. The number of benzene rings is 1. The van der Waals surface area contributed by atoms with Crippen molar-refractivity contribution in [1.82, 2.24) is 0 Å². The molecule has 1 rings (SSSR count). The molecule has 3 N–H and O–H groups in total. The molecule has 0 spiro atoms. The first kappa shape index (κ1) is 15.8. The number of nitrogens with one attached hydrogen (secondary N) is 1. The minimum Gasteiger partial charge on any atom is -0.399 e. The van der Waals surface area contributed by atoms with Crippen LogP contribution in [0.2, 0.25) is 0 Å². The Morgan fingerprint density at radius 3 is 2.26 bits per heavy atom. The molecule has 19 heavy (non-hydrogen) atoms. The van der Waals surface area contributed by atoms with Crippen LogP contribution in [0.3, 0.4) is 0 Å². The van der Waals surface area contributed by atoms with Crippen LogP contribution in [-0.4, -0.2) is 6.54 Å². The zero-order valence-corrected chi connectivity index (χ0v) is 12.1. The van der Waals surface area contributed by atoms with Crippen LogP contribution >= 0.6 is 0 Å². The Bertz CT molecular complexity index is 353. The molecular formula is C16H27FN2. The summed E-state index contributed by atoms with van der Waals surface area (Å²) in [6, 6.07) is 4.78. The second-order valence-corrected chi connectivity index (χ2v) is 5.14. The maximum atomic E-state index is 13.5. The Labute approximate surface area is 116 Å². The molecular weight excluding hydrogens is 239 g/mol. The van der Waals surface area contributed by atoms with Crippen molar-refractivity contribution >= 4 is 11.4 Å². The first-order chi connectivity index (χ1) is 9.24. The molecule has 0 bridgehead atoms. The van der Waals surface area contributed by atoms with Crippen LogP contribution in [0.4, 0.5) is 15.8 Å². The van der Waals surface area contributed by atoms with E-state index in [1.54, 1.807) is 12.1 Å². The van der Waals surface area contributed by atoms with E-state index in [2.05, 4.69) is 12.2 Å². The minimum atomic E-state index is -0.264. The van der Waals surface area contributed by atoms with Gasteiger partial charge in [0, 0.05) is 12.2 Å². The van der Waals surface area contributed by atoms with Crippen molar-refractivity contribution in [2.45, 2.75) is 58.3 Å². The molecule has 0 saturated carbocycles. The fourth-order valence-electron chi connectivity index (χ4n) is 2.16. The Hall–Kier alpha value is -1.25. The van der Waals surface area contributed by atoms with E-state index >= 15 is 0 Å². The lowest BCUT2D eigenvalue weighted by Gasteiger charge is -2.08. The van der Waals surface area contributed by atoms with Gasteiger partial charge < -0.3 is 11.1 Å². The van der Waals surface area contributed by atoms with E-state index in [0.29, 0.717) is 11.4 Å². The van der Waals surface area contributed by atoms with Gasteiger partial charge in [0.25, 0.3) is 0 Å². The average Bonchev–Trinajstić information content (AvgIpc) is 2.39. The van der Waals surface area contributed by atoms with Gasteiger partial charge in [-0.2, -0.15) is 0 Å². The molecule has 0 unspecified atom stereocenters. The van der Waals surface area contributed by atoms with Crippen molar-refractivity contribution in [1.29, 1.82) is 0 Å². The molecule has 0 fully saturated rings. The van der Waals surface area contributed by atoms with Gasteiger partial charge in [-0.1, -0.05) is 51.9 Å². The van der Waals surface area contributed by atoms with Gasteiger partial charge in [0.15, 0.2) is 0 Å². The van der Waals surface area contributed by atoms with Crippen molar-refractivity contribution < 1.29 is 4.39 Å². The van der Waals surface area contributed by atoms with Crippen LogP contribution in [0, 0.1) is 5.82 Å². The highest BCUT2D eigenvalue weighted by molar-refractivity contribution is 5.52. The minimum absolute atomic E-state index is 0.264. The maximum Gasteiger partial charge on any atom is 0.148 e. The Morgan fingerprint density at radius 2 is 1.63 bits per heavy atom. The molecule has 0 amide bonds. The van der Waals surface area contributed by atoms with E-state index < -0.39 is 0 Å². The number of unbranched alkanes of at least 4 members (excludes halogenated alkanes) is 7. The highest BCUT2D eigenvalue weighted by Gasteiger charge is 2.00. The summed E-state index contributed by atoms with van der Waals surface area (Å²) in [6.45, 7) is 3.07. The van der Waals surface area contributed by atoms with E-state index in [4.69, 9.17) is 5.73 Å². The monoisotopic (exact) mass is 266 g/mol. The van der Waals surface area contributed by atoms with Crippen LogP contribution in [-0.2, 0) is 0 Å². The van der Waals surface area contributed by atoms with E-state index in [9.17, 15) is 4.39 Å². The second-order valence-electron chi connectivity index (χ2n) is 5.14. The largest absolute Gasteiger partial charge is 0.399 e. The fourth-order valence-corrected chi connectivity index (χ4v) is 2.16. The quantitative estimate of drug-likeness (QED) is 0.464. The first-order valence-electron chi connectivity index (χ1n) is 7.53. The van der Waals surface area contributed by atoms with Crippen molar-refractivity contribution in [3.8, 4) is 0 Å². The van der Waals surface area contributed by atoms with E-state index in [-0.39, 0.29) is 5.82 Å². The summed E-state index contributed by atoms with van der Waals surface area (Å²) in [4.78, 5) is 0. The summed E-state index contributed by atoms with van der Waals surface area (Å²) >= 11 is 0. The smallest absolute Gasteiger partial charge is 0.148 e. The summed E-state index contributed by atoms with van der Waals surface area (Å²) in [5, 5.41) is 3.12. The number of nitrogens with two attached hydrogens (primary N) is 1. The number of hydrogen-bond acceptors (Lipinski definition) is 2. The van der Waals surface area contributed by atoms with Crippen molar-refractivity contribution in [2.75, 3.05) is 17.6 Å². The molecule has 0 atom stereocenters. The lowest BCUT2D eigenvalue weighted by molar-refractivity contribution is 0.580. The maximum absolute atomic E-state index is 13.5. The molecule has 108 valence electrons. The van der Waals surface area contributed by atoms with Gasteiger partial charge in [-0.05, 0) is 24.6 Å². The molecule has 0 heterocycles. The normalized spacial score (nSPS) is 10.6. The molecule has 0 radical (unpaired) electrons. The highest BCUT2D eigenvalue weighted by Crippen LogP contribution is 2.17. The van der Waals surface area contributed by atoms with Crippen LogP contribution < -0.4 is 11.1 Å². The topological polar surface area (TPSA) is 38.0 Å². The van der Waals surface area contributed by atoms with Gasteiger partial charge in [0.05, 0.1) is 5.69 Å². The summed E-state index contributed by atoms with van der Waals surface area (Å²) in [7, 11) is 0. The first-order valence-corrected chi connectivity index (χ1v) is 7.53. The molecule has 3 heteroatoms. The summed E-state index contributed by atoms with van der Waals surface area (Å²) in [5.74, 6) is -0.264. The van der Waals surface area contributed by atoms with Gasteiger partial charge in [0.1, 0.15) is 5.82 Å². The number of halogens is 1. The Kier molecular flexibility index (Phi) is 8.03. The lowest BCUT2D eigenvalue weighted by atomic mass is 10.1. The average molecular weight is 266 g/mol. The summed E-state index contributed by atoms with van der Waals surface area (Å²) < 4.78 is 13.5. The second kappa shape index (κ2) is 9.65.